The van der Waals surface area contributed by atoms with Crippen molar-refractivity contribution in [1.29, 1.82) is 0 Å². The second-order valence-electron chi connectivity index (χ2n) is 5.21. The van der Waals surface area contributed by atoms with Gasteiger partial charge in [-0.05, 0) is 31.2 Å². The van der Waals surface area contributed by atoms with Crippen molar-refractivity contribution in [2.45, 2.75) is 17.9 Å². The van der Waals surface area contributed by atoms with E-state index in [1.807, 2.05) is 0 Å². The number of nitrogens with one attached hydrogen (secondary N) is 2. The summed E-state index contributed by atoms with van der Waals surface area (Å²) in [5, 5.41) is 2.64. The monoisotopic (exact) mass is 364 g/mol. The summed E-state index contributed by atoms with van der Waals surface area (Å²) < 4.78 is 37.2. The minimum Gasteiger partial charge on any atom is -0.497 e. The molecule has 0 aliphatic carbocycles. The van der Waals surface area contributed by atoms with Crippen molar-refractivity contribution in [1.82, 2.24) is 4.72 Å². The molecular weight excluding hydrogens is 344 g/mol. The van der Waals surface area contributed by atoms with Gasteiger partial charge in [-0.25, -0.2) is 8.42 Å². The first-order valence-corrected chi connectivity index (χ1v) is 8.96. The summed E-state index contributed by atoms with van der Waals surface area (Å²) in [6, 6.07) is 11.8. The number of hydrogen-bond donors (Lipinski definition) is 2. The van der Waals surface area contributed by atoms with Crippen LogP contribution in [0.4, 0.5) is 5.69 Å². The number of ether oxygens (including phenoxy) is 2. The van der Waals surface area contributed by atoms with Crippen LogP contribution >= 0.6 is 0 Å². The van der Waals surface area contributed by atoms with Crippen molar-refractivity contribution in [3.8, 4) is 11.5 Å². The third-order valence-corrected chi connectivity index (χ3v) is 5.00. The number of methoxy groups -OCH3 is 2. The summed E-state index contributed by atoms with van der Waals surface area (Å²) in [6.45, 7) is 1.46. The molecular formula is C17H20N2O5S. The predicted molar refractivity (Wildman–Crippen MR) is 94.4 cm³/mol. The molecule has 0 aliphatic rings. The lowest BCUT2D eigenvalue weighted by atomic mass is 10.2. The van der Waals surface area contributed by atoms with E-state index >= 15 is 0 Å². The highest BCUT2D eigenvalue weighted by Crippen LogP contribution is 2.29. The van der Waals surface area contributed by atoms with Gasteiger partial charge in [0.25, 0.3) is 0 Å². The fraction of sp³-hybridized carbons (Fsp3) is 0.235. The van der Waals surface area contributed by atoms with E-state index in [1.54, 1.807) is 36.4 Å². The maximum absolute atomic E-state index is 12.3. The summed E-state index contributed by atoms with van der Waals surface area (Å²) in [4.78, 5) is 12.4. The summed E-state index contributed by atoms with van der Waals surface area (Å²) in [7, 11) is -0.800. The van der Waals surface area contributed by atoms with E-state index in [9.17, 15) is 13.2 Å². The molecule has 25 heavy (non-hydrogen) atoms. The minimum atomic E-state index is -3.79. The Bertz CT molecular complexity index is 837. The lowest BCUT2D eigenvalue weighted by molar-refractivity contribution is -0.117. The SMILES string of the molecule is COc1ccc(NC(=O)[C@H](C)NS(=O)(=O)c2ccccc2)c(OC)c1. The zero-order valence-electron chi connectivity index (χ0n) is 14.1. The molecule has 0 saturated heterocycles. The highest BCUT2D eigenvalue weighted by atomic mass is 32.2. The van der Waals surface area contributed by atoms with E-state index in [0.717, 1.165) is 0 Å². The lowest BCUT2D eigenvalue weighted by Gasteiger charge is -2.16. The van der Waals surface area contributed by atoms with Gasteiger partial charge in [-0.2, -0.15) is 4.72 Å². The largest absolute Gasteiger partial charge is 0.497 e. The van der Waals surface area contributed by atoms with Crippen LogP contribution in [-0.4, -0.2) is 34.6 Å². The van der Waals surface area contributed by atoms with Gasteiger partial charge in [0.2, 0.25) is 15.9 Å². The van der Waals surface area contributed by atoms with Crippen molar-refractivity contribution >= 4 is 21.6 Å². The van der Waals surface area contributed by atoms with Crippen LogP contribution in [-0.2, 0) is 14.8 Å². The Kier molecular flexibility index (Phi) is 6.00. The first kappa shape index (κ1) is 18.8. The van der Waals surface area contributed by atoms with Crippen LogP contribution in [0, 0.1) is 0 Å². The molecule has 0 heterocycles. The smallest absolute Gasteiger partial charge is 0.242 e. The fourth-order valence-electron chi connectivity index (χ4n) is 2.10. The van der Waals surface area contributed by atoms with Gasteiger partial charge in [0.15, 0.2) is 0 Å². The second-order valence-corrected chi connectivity index (χ2v) is 6.93. The van der Waals surface area contributed by atoms with E-state index < -0.39 is 22.0 Å². The van der Waals surface area contributed by atoms with Crippen LogP contribution in [0.25, 0.3) is 0 Å². The summed E-state index contributed by atoms with van der Waals surface area (Å²) in [5.74, 6) is 0.474. The number of rotatable bonds is 7. The van der Waals surface area contributed by atoms with E-state index in [0.29, 0.717) is 17.2 Å². The molecule has 0 bridgehead atoms. The number of anilines is 1. The number of sulfonamides is 1. The molecule has 0 radical (unpaired) electrons. The third-order valence-electron chi connectivity index (χ3n) is 3.45. The van der Waals surface area contributed by atoms with E-state index in [4.69, 9.17) is 9.47 Å². The molecule has 0 spiro atoms. The van der Waals surface area contributed by atoms with Crippen LogP contribution in [0.15, 0.2) is 53.4 Å². The Labute approximate surface area is 147 Å². The van der Waals surface area contributed by atoms with Crippen molar-refractivity contribution in [3.05, 3.63) is 48.5 Å². The van der Waals surface area contributed by atoms with Gasteiger partial charge in [-0.1, -0.05) is 18.2 Å². The van der Waals surface area contributed by atoms with Crippen molar-refractivity contribution in [2.24, 2.45) is 0 Å². The van der Waals surface area contributed by atoms with Gasteiger partial charge >= 0.3 is 0 Å². The van der Waals surface area contributed by atoms with Crippen LogP contribution < -0.4 is 19.5 Å². The molecule has 0 aromatic heterocycles. The van der Waals surface area contributed by atoms with Crippen LogP contribution in [0.5, 0.6) is 11.5 Å². The summed E-state index contributed by atoms with van der Waals surface area (Å²) in [6.07, 6.45) is 0. The van der Waals surface area contributed by atoms with Crippen LogP contribution in [0.3, 0.4) is 0 Å². The summed E-state index contributed by atoms with van der Waals surface area (Å²) in [5.41, 5.74) is 0.416. The first-order valence-electron chi connectivity index (χ1n) is 7.47. The standard InChI is InChI=1S/C17H20N2O5S/c1-12(19-25(21,22)14-7-5-4-6-8-14)17(20)18-15-10-9-13(23-2)11-16(15)24-3/h4-12,19H,1-3H3,(H,18,20)/t12-/m0/s1. The third kappa shape index (κ3) is 4.71. The number of hydrogen-bond acceptors (Lipinski definition) is 5. The molecule has 0 aliphatic heterocycles. The first-order chi connectivity index (χ1) is 11.9. The number of carbonyl (C=O) groups is 1. The Morgan fingerprint density at radius 2 is 1.72 bits per heavy atom. The highest BCUT2D eigenvalue weighted by molar-refractivity contribution is 7.89. The average molecular weight is 364 g/mol. The van der Waals surface area contributed by atoms with Gasteiger partial charge in [0.05, 0.1) is 30.8 Å². The molecule has 7 nitrogen and oxygen atoms in total. The Morgan fingerprint density at radius 1 is 1.04 bits per heavy atom. The van der Waals surface area contributed by atoms with Gasteiger partial charge in [0.1, 0.15) is 11.5 Å². The molecule has 8 heteroatoms. The molecule has 0 fully saturated rings. The van der Waals surface area contributed by atoms with Gasteiger partial charge in [-0.3, -0.25) is 4.79 Å². The number of carbonyl (C=O) groups excluding carboxylic acids is 1. The summed E-state index contributed by atoms with van der Waals surface area (Å²) >= 11 is 0. The Morgan fingerprint density at radius 3 is 2.32 bits per heavy atom. The maximum Gasteiger partial charge on any atom is 0.242 e. The molecule has 0 unspecified atom stereocenters. The number of amides is 1. The van der Waals surface area contributed by atoms with E-state index in [2.05, 4.69) is 10.0 Å². The Hall–Kier alpha value is -2.58. The van der Waals surface area contributed by atoms with Gasteiger partial charge in [0, 0.05) is 6.07 Å². The molecule has 0 saturated carbocycles. The second kappa shape index (κ2) is 8.00. The van der Waals surface area contributed by atoms with E-state index in [1.165, 1.54) is 33.3 Å². The van der Waals surface area contributed by atoms with Crippen molar-refractivity contribution < 1.29 is 22.7 Å². The van der Waals surface area contributed by atoms with Gasteiger partial charge in [-0.15, -0.1) is 0 Å². The normalized spacial score (nSPS) is 12.3. The zero-order chi connectivity index (χ0) is 18.4. The van der Waals surface area contributed by atoms with Crippen LogP contribution in [0.2, 0.25) is 0 Å². The highest BCUT2D eigenvalue weighted by Gasteiger charge is 2.22. The van der Waals surface area contributed by atoms with Crippen molar-refractivity contribution in [2.75, 3.05) is 19.5 Å². The molecule has 2 N–H and O–H groups in total. The van der Waals surface area contributed by atoms with Gasteiger partial charge < -0.3 is 14.8 Å². The zero-order valence-corrected chi connectivity index (χ0v) is 15.0. The molecule has 2 aromatic carbocycles. The van der Waals surface area contributed by atoms with Crippen molar-refractivity contribution in [3.63, 3.8) is 0 Å². The van der Waals surface area contributed by atoms with Crippen LogP contribution in [0.1, 0.15) is 6.92 Å². The molecule has 1 atom stereocenters. The maximum atomic E-state index is 12.3. The fourth-order valence-corrected chi connectivity index (χ4v) is 3.32. The molecule has 1 amide bonds. The lowest BCUT2D eigenvalue weighted by Crippen LogP contribution is -2.41. The topological polar surface area (TPSA) is 93.7 Å². The quantitative estimate of drug-likeness (QED) is 0.784. The Balaban J connectivity index is 2.11. The molecule has 134 valence electrons. The van der Waals surface area contributed by atoms with E-state index in [-0.39, 0.29) is 4.90 Å². The average Bonchev–Trinajstić information content (AvgIpc) is 2.62. The predicted octanol–water partition coefficient (Wildman–Crippen LogP) is 2.01. The minimum absolute atomic E-state index is 0.0941. The number of benzene rings is 2. The molecule has 2 rings (SSSR count). The molecule has 2 aromatic rings.